The fourth-order valence-electron chi connectivity index (χ4n) is 9.55. The van der Waals surface area contributed by atoms with Gasteiger partial charge in [0.25, 0.3) is 0 Å². The largest absolute Gasteiger partial charge is 0.475 e. The summed E-state index contributed by atoms with van der Waals surface area (Å²) in [5.41, 5.74) is 0.182. The Hall–Kier alpha value is -0.122. The maximum atomic E-state index is 15.5. The van der Waals surface area contributed by atoms with E-state index in [4.69, 9.17) is 50.8 Å². The van der Waals surface area contributed by atoms with Gasteiger partial charge in [0.1, 0.15) is 12.2 Å². The van der Waals surface area contributed by atoms with Crippen LogP contribution in [0, 0.1) is 23.2 Å². The molecule has 0 N–H and O–H groups in total. The second kappa shape index (κ2) is 24.5. The van der Waals surface area contributed by atoms with Crippen molar-refractivity contribution in [1.29, 1.82) is 0 Å². The number of rotatable bonds is 25. The maximum Gasteiger partial charge on any atom is 0.475 e. The van der Waals surface area contributed by atoms with Crippen molar-refractivity contribution < 1.29 is 55.4 Å². The summed E-state index contributed by atoms with van der Waals surface area (Å²) in [6.07, 6.45) is -1.71. The van der Waals surface area contributed by atoms with Crippen molar-refractivity contribution in [2.75, 3.05) is 33.5 Å². The van der Waals surface area contributed by atoms with Gasteiger partial charge in [-0.25, -0.2) is 4.57 Å². The molecule has 1 spiro atoms. The third kappa shape index (κ3) is 17.2. The van der Waals surface area contributed by atoms with Crippen LogP contribution >= 0.6 is 7.82 Å². The van der Waals surface area contributed by atoms with Crippen molar-refractivity contribution >= 4 is 40.6 Å². The molecule has 3 aliphatic rings. The van der Waals surface area contributed by atoms with Crippen LogP contribution in [0.2, 0.25) is 87.6 Å². The van der Waals surface area contributed by atoms with Gasteiger partial charge >= 0.3 is 7.82 Å². The summed E-state index contributed by atoms with van der Waals surface area (Å²) in [4.78, 5) is 0. The monoisotopic (exact) mass is 1100 g/mol. The van der Waals surface area contributed by atoms with Crippen molar-refractivity contribution in [3.05, 3.63) is 35.9 Å². The Morgan fingerprint density at radius 1 is 0.722 bits per heavy atom. The van der Waals surface area contributed by atoms with Gasteiger partial charge in [-0.2, -0.15) is 0 Å². The van der Waals surface area contributed by atoms with Crippen LogP contribution in [-0.4, -0.2) is 121 Å². The molecule has 420 valence electrons. The van der Waals surface area contributed by atoms with Crippen molar-refractivity contribution in [3.63, 3.8) is 0 Å². The van der Waals surface area contributed by atoms with Crippen LogP contribution in [0.3, 0.4) is 0 Å². The molecule has 3 saturated heterocycles. The van der Waals surface area contributed by atoms with E-state index in [9.17, 15) is 0 Å². The third-order valence-corrected chi connectivity index (χ3v) is 30.7. The lowest BCUT2D eigenvalue weighted by Crippen LogP contribution is -2.60. The average molecular weight is 1100 g/mol. The SMILES string of the molecule is CO[C@@H](C[C@@H]1OC(C)(C)O[C@H]([C@H](C)CO[Si](C)(C)C(C)(C)C)[C@H]1C)[C@H]1O[C@]2(C[C@@H](O[Si](C)(C)C(C)(C)C)[C@H](C)[C@H](CCOCc3ccccc3)O2)C(C)(C)[C@H]1OP(=O)(OCC[Si](C)(C)C)OCC[Si](C)(C)C. The molecule has 0 bridgehead atoms. The maximum absolute atomic E-state index is 15.5. The van der Waals surface area contributed by atoms with Gasteiger partial charge < -0.3 is 37.3 Å². The van der Waals surface area contributed by atoms with E-state index in [-0.39, 0.29) is 65.5 Å². The van der Waals surface area contributed by atoms with Crippen molar-refractivity contribution in [2.24, 2.45) is 23.2 Å². The standard InChI is InChI=1S/C55H107O12PSi4/c1-40(38-61-71(21,22)51(4,5)6)48-42(3)45(62-54(12,13)64-48)36-46(57-14)49-50(66-68(56,59-32-34-69(15,16)17)60-33-35-70(18,19)20)53(10,11)55(65-49)37-47(67-72(23,24)52(7,8)9)41(2)44(63-55)30-31-58-39-43-28-26-25-27-29-43/h25-29,40-42,44-50H,30-39H2,1-24H3/t40-,41-,42+,44+,45+,46+,47-,48-,49-,50+,55-/m1/s1. The first kappa shape index (κ1) is 64.4. The Bertz CT molecular complexity index is 1850. The van der Waals surface area contributed by atoms with E-state index in [2.05, 4.69) is 154 Å². The lowest BCUT2D eigenvalue weighted by molar-refractivity contribution is -0.342. The average Bonchev–Trinajstić information content (AvgIpc) is 3.42. The lowest BCUT2D eigenvalue weighted by atomic mass is 9.72. The molecule has 3 fully saturated rings. The van der Waals surface area contributed by atoms with Crippen molar-refractivity contribution in [3.8, 4) is 0 Å². The Kier molecular flexibility index (Phi) is 21.9. The van der Waals surface area contributed by atoms with Crippen molar-refractivity contribution in [1.82, 2.24) is 0 Å². The van der Waals surface area contributed by atoms with Crippen LogP contribution in [0.4, 0.5) is 0 Å². The number of phosphoric acid groups is 1. The van der Waals surface area contributed by atoms with Crippen LogP contribution in [-0.2, 0) is 62.0 Å². The molecule has 0 aliphatic carbocycles. The minimum absolute atomic E-state index is 0.0141. The van der Waals surface area contributed by atoms with E-state index in [1.54, 1.807) is 7.11 Å². The highest BCUT2D eigenvalue weighted by Gasteiger charge is 2.69. The Balaban J connectivity index is 1.82. The predicted octanol–water partition coefficient (Wildman–Crippen LogP) is 15.0. The molecule has 3 heterocycles. The first-order chi connectivity index (χ1) is 32.7. The molecule has 1 aromatic rings. The summed E-state index contributed by atoms with van der Waals surface area (Å²) in [6.45, 7) is 53.6. The minimum atomic E-state index is -4.21. The highest BCUT2D eigenvalue weighted by atomic mass is 31.2. The summed E-state index contributed by atoms with van der Waals surface area (Å²) < 4.78 is 91.4. The molecule has 4 rings (SSSR count). The van der Waals surface area contributed by atoms with Gasteiger partial charge in [0, 0.05) is 72.5 Å². The highest BCUT2D eigenvalue weighted by Crippen LogP contribution is 2.62. The fraction of sp³-hybridized carbons (Fsp3) is 0.891. The van der Waals surface area contributed by atoms with E-state index in [0.717, 1.165) is 17.7 Å². The van der Waals surface area contributed by atoms with Gasteiger partial charge in [-0.05, 0) is 74.2 Å². The smallest absolute Gasteiger partial charge is 0.416 e. The number of hydrogen-bond donors (Lipinski definition) is 0. The Morgan fingerprint density at radius 3 is 1.79 bits per heavy atom. The molecule has 3 aliphatic heterocycles. The van der Waals surface area contributed by atoms with Gasteiger partial charge in [0.2, 0.25) is 0 Å². The lowest BCUT2D eigenvalue weighted by Gasteiger charge is -2.53. The zero-order valence-electron chi connectivity index (χ0n) is 50.1. The molecule has 17 heteroatoms. The molecule has 0 amide bonds. The molecule has 11 atom stereocenters. The number of phosphoric ester groups is 1. The first-order valence-electron chi connectivity index (χ1n) is 27.4. The van der Waals surface area contributed by atoms with E-state index in [1.165, 1.54) is 0 Å². The molecular weight excluding hydrogens is 996 g/mol. The van der Waals surface area contributed by atoms with E-state index in [0.29, 0.717) is 39.1 Å². The summed E-state index contributed by atoms with van der Waals surface area (Å²) in [6, 6.07) is 11.9. The predicted molar refractivity (Wildman–Crippen MR) is 304 cm³/mol. The van der Waals surface area contributed by atoms with Gasteiger partial charge in [0.05, 0.1) is 50.3 Å². The molecule has 0 saturated carbocycles. The molecule has 72 heavy (non-hydrogen) atoms. The van der Waals surface area contributed by atoms with Crippen molar-refractivity contribution in [2.45, 2.75) is 258 Å². The highest BCUT2D eigenvalue weighted by molar-refractivity contribution is 7.48. The van der Waals surface area contributed by atoms with Crippen LogP contribution < -0.4 is 0 Å². The number of methoxy groups -OCH3 is 1. The summed E-state index contributed by atoms with van der Waals surface area (Å²) in [5, 5.41) is 0.0462. The molecule has 1 aromatic carbocycles. The second-order valence-electron chi connectivity index (χ2n) is 28.3. The molecule has 12 nitrogen and oxygen atoms in total. The first-order valence-corrected chi connectivity index (χ1v) is 42.1. The normalized spacial score (nSPS) is 29.7. The third-order valence-electron chi connectivity index (χ3n) is 16.8. The zero-order valence-corrected chi connectivity index (χ0v) is 55.0. The summed E-state index contributed by atoms with van der Waals surface area (Å²) in [5.74, 6) is -2.07. The molecule has 0 radical (unpaired) electrons. The summed E-state index contributed by atoms with van der Waals surface area (Å²) >= 11 is 0. The molecule has 0 unspecified atom stereocenters. The quantitative estimate of drug-likeness (QED) is 0.0527. The number of benzene rings is 1. The second-order valence-corrected chi connectivity index (χ2v) is 50.8. The molecule has 0 aromatic heterocycles. The van der Waals surface area contributed by atoms with Gasteiger partial charge in [-0.3, -0.25) is 13.6 Å². The minimum Gasteiger partial charge on any atom is -0.416 e. The zero-order chi connectivity index (χ0) is 54.7. The van der Waals surface area contributed by atoms with Gasteiger partial charge in [-0.15, -0.1) is 0 Å². The van der Waals surface area contributed by atoms with E-state index >= 15 is 4.57 Å². The topological polar surface area (TPSA) is 119 Å². The van der Waals surface area contributed by atoms with Crippen LogP contribution in [0.1, 0.15) is 115 Å². The van der Waals surface area contributed by atoms with E-state index < -0.39 is 75.9 Å². The van der Waals surface area contributed by atoms with Crippen LogP contribution in [0.25, 0.3) is 0 Å². The van der Waals surface area contributed by atoms with Gasteiger partial charge in [-0.1, -0.05) is 146 Å². The summed E-state index contributed by atoms with van der Waals surface area (Å²) in [7, 11) is -10.0. The Labute approximate surface area is 444 Å². The van der Waals surface area contributed by atoms with E-state index in [1.807, 2.05) is 32.0 Å². The Morgan fingerprint density at radius 2 is 1.28 bits per heavy atom. The fourth-order valence-corrected chi connectivity index (χ4v) is 15.3. The number of ether oxygens (including phenoxy) is 6. The van der Waals surface area contributed by atoms with Gasteiger partial charge in [0.15, 0.2) is 28.2 Å². The van der Waals surface area contributed by atoms with Crippen LogP contribution in [0.15, 0.2) is 30.3 Å². The van der Waals surface area contributed by atoms with Crippen LogP contribution in [0.5, 0.6) is 0 Å². The molecular formula is C55H107O12PSi4. The number of hydrogen-bond acceptors (Lipinski definition) is 12.